The van der Waals surface area contributed by atoms with Crippen molar-refractivity contribution < 1.29 is 19.5 Å². The number of amides is 1. The first-order chi connectivity index (χ1) is 9.08. The molecule has 3 N–H and O–H groups in total. The lowest BCUT2D eigenvalue weighted by Gasteiger charge is -2.22. The van der Waals surface area contributed by atoms with Crippen LogP contribution in [-0.2, 0) is 14.3 Å². The first-order valence-electron chi connectivity index (χ1n) is 6.40. The zero-order chi connectivity index (χ0) is 14.4. The highest BCUT2D eigenvalue weighted by molar-refractivity contribution is 6.02. The quantitative estimate of drug-likeness (QED) is 0.308. The van der Waals surface area contributed by atoms with Crippen molar-refractivity contribution in [3.05, 3.63) is 0 Å². The number of nitrogens with zero attached hydrogens (tertiary/aromatic N) is 2. The summed E-state index contributed by atoms with van der Waals surface area (Å²) in [6.45, 7) is 2.88. The summed E-state index contributed by atoms with van der Waals surface area (Å²) >= 11 is 0. The number of rotatable bonds is 6. The van der Waals surface area contributed by atoms with Gasteiger partial charge in [0.05, 0.1) is 5.92 Å². The Kier molecular flexibility index (Phi) is 6.04. The van der Waals surface area contributed by atoms with E-state index in [0.717, 1.165) is 6.42 Å². The zero-order valence-corrected chi connectivity index (χ0v) is 11.7. The Morgan fingerprint density at radius 3 is 2.32 bits per heavy atom. The molecule has 0 radical (unpaired) electrons. The second kappa shape index (κ2) is 7.30. The van der Waals surface area contributed by atoms with Crippen molar-refractivity contribution in [1.82, 2.24) is 4.90 Å². The molecule has 1 rings (SSSR count). The lowest BCUT2D eigenvalue weighted by atomic mass is 10.0. The Bertz CT molecular complexity index is 323. The number of carbonyl (C=O) groups excluding carboxylic acids is 1. The van der Waals surface area contributed by atoms with E-state index in [1.165, 1.54) is 0 Å². The van der Waals surface area contributed by atoms with Crippen LogP contribution in [0, 0.1) is 5.92 Å². The molecular formula is C12H23N3O4. The number of oxime groups is 1. The monoisotopic (exact) mass is 273 g/mol. The molecule has 1 aliphatic rings. The number of likely N-dealkylation sites (tertiary alicyclic amines) is 1. The molecule has 1 aliphatic heterocycles. The SMILES string of the molecule is CCCC(C(=O)N1CC(OC)C(OC)C1)C(N)=NO. The van der Waals surface area contributed by atoms with E-state index in [4.69, 9.17) is 20.4 Å². The lowest BCUT2D eigenvalue weighted by Crippen LogP contribution is -2.41. The summed E-state index contributed by atoms with van der Waals surface area (Å²) < 4.78 is 10.6. The third kappa shape index (κ3) is 3.57. The number of nitrogens with two attached hydrogens (primary N) is 1. The van der Waals surface area contributed by atoms with Crippen LogP contribution in [0.4, 0.5) is 0 Å². The van der Waals surface area contributed by atoms with E-state index in [1.54, 1.807) is 19.1 Å². The molecule has 1 amide bonds. The molecule has 1 saturated heterocycles. The van der Waals surface area contributed by atoms with Gasteiger partial charge < -0.3 is 25.3 Å². The summed E-state index contributed by atoms with van der Waals surface area (Å²) in [4.78, 5) is 14.1. The van der Waals surface area contributed by atoms with Gasteiger partial charge in [-0.05, 0) is 6.42 Å². The predicted molar refractivity (Wildman–Crippen MR) is 70.0 cm³/mol. The van der Waals surface area contributed by atoms with Crippen LogP contribution in [0.2, 0.25) is 0 Å². The third-order valence-electron chi connectivity index (χ3n) is 3.48. The smallest absolute Gasteiger partial charge is 0.233 e. The maximum absolute atomic E-state index is 12.4. The maximum Gasteiger partial charge on any atom is 0.233 e. The summed E-state index contributed by atoms with van der Waals surface area (Å²) in [7, 11) is 3.19. The predicted octanol–water partition coefficient (Wildman–Crippen LogP) is 0.0213. The van der Waals surface area contributed by atoms with Crippen LogP contribution in [0.1, 0.15) is 19.8 Å². The number of hydrogen-bond donors (Lipinski definition) is 2. The molecule has 19 heavy (non-hydrogen) atoms. The first-order valence-corrected chi connectivity index (χ1v) is 6.40. The molecule has 0 aliphatic carbocycles. The number of carbonyl (C=O) groups is 1. The molecule has 7 heteroatoms. The maximum atomic E-state index is 12.4. The average Bonchev–Trinajstić information content (AvgIpc) is 2.86. The van der Waals surface area contributed by atoms with Gasteiger partial charge in [0.25, 0.3) is 0 Å². The van der Waals surface area contributed by atoms with Gasteiger partial charge in [0.1, 0.15) is 12.2 Å². The Hall–Kier alpha value is -1.34. The van der Waals surface area contributed by atoms with Crippen LogP contribution < -0.4 is 5.73 Å². The standard InChI is InChI=1S/C12H23N3O4/c1-4-5-8(11(13)14-17)12(16)15-6-9(18-2)10(7-15)19-3/h8-10,17H,4-7H2,1-3H3,(H2,13,14). The summed E-state index contributed by atoms with van der Waals surface area (Å²) in [5, 5.41) is 11.7. The largest absolute Gasteiger partial charge is 0.409 e. The van der Waals surface area contributed by atoms with E-state index in [-0.39, 0.29) is 24.0 Å². The Morgan fingerprint density at radius 2 is 1.95 bits per heavy atom. The molecular weight excluding hydrogens is 250 g/mol. The van der Waals surface area contributed by atoms with Gasteiger partial charge in [-0.2, -0.15) is 0 Å². The topological polar surface area (TPSA) is 97.4 Å². The van der Waals surface area contributed by atoms with E-state index in [0.29, 0.717) is 19.5 Å². The molecule has 0 aromatic carbocycles. The van der Waals surface area contributed by atoms with Crippen LogP contribution in [0.5, 0.6) is 0 Å². The molecule has 7 nitrogen and oxygen atoms in total. The van der Waals surface area contributed by atoms with Gasteiger partial charge in [0.2, 0.25) is 5.91 Å². The molecule has 110 valence electrons. The van der Waals surface area contributed by atoms with Crippen molar-refractivity contribution in [2.75, 3.05) is 27.3 Å². The third-order valence-corrected chi connectivity index (χ3v) is 3.48. The molecule has 0 aromatic rings. The van der Waals surface area contributed by atoms with Crippen molar-refractivity contribution in [3.63, 3.8) is 0 Å². The summed E-state index contributed by atoms with van der Waals surface area (Å²) in [6, 6.07) is 0. The molecule has 0 saturated carbocycles. The minimum Gasteiger partial charge on any atom is -0.409 e. The zero-order valence-electron chi connectivity index (χ0n) is 11.7. The van der Waals surface area contributed by atoms with E-state index >= 15 is 0 Å². The average molecular weight is 273 g/mol. The van der Waals surface area contributed by atoms with Gasteiger partial charge in [-0.1, -0.05) is 18.5 Å². The fraction of sp³-hybridized carbons (Fsp3) is 0.833. The van der Waals surface area contributed by atoms with E-state index in [9.17, 15) is 4.79 Å². The number of hydrogen-bond acceptors (Lipinski definition) is 5. The van der Waals surface area contributed by atoms with Crippen LogP contribution in [0.25, 0.3) is 0 Å². The molecule has 0 bridgehead atoms. The fourth-order valence-corrected chi connectivity index (χ4v) is 2.35. The van der Waals surface area contributed by atoms with Crippen LogP contribution in [0.3, 0.4) is 0 Å². The summed E-state index contributed by atoms with van der Waals surface area (Å²) in [6.07, 6.45) is 1.06. The van der Waals surface area contributed by atoms with Crippen molar-refractivity contribution >= 4 is 11.7 Å². The Balaban J connectivity index is 2.76. The second-order valence-electron chi connectivity index (χ2n) is 4.66. The highest BCUT2D eigenvalue weighted by atomic mass is 16.5. The van der Waals surface area contributed by atoms with E-state index in [1.807, 2.05) is 6.92 Å². The molecule has 0 spiro atoms. The van der Waals surface area contributed by atoms with E-state index in [2.05, 4.69) is 5.16 Å². The minimum atomic E-state index is -0.580. The Morgan fingerprint density at radius 1 is 1.42 bits per heavy atom. The van der Waals surface area contributed by atoms with Gasteiger partial charge in [-0.15, -0.1) is 0 Å². The van der Waals surface area contributed by atoms with Crippen LogP contribution in [-0.4, -0.2) is 61.4 Å². The second-order valence-corrected chi connectivity index (χ2v) is 4.66. The van der Waals surface area contributed by atoms with Crippen molar-refractivity contribution in [1.29, 1.82) is 0 Å². The number of methoxy groups -OCH3 is 2. The summed E-state index contributed by atoms with van der Waals surface area (Å²) in [5.74, 6) is -0.761. The molecule has 3 atom stereocenters. The van der Waals surface area contributed by atoms with Crippen molar-refractivity contribution in [2.45, 2.75) is 32.0 Å². The molecule has 1 fully saturated rings. The van der Waals surface area contributed by atoms with Crippen LogP contribution in [0.15, 0.2) is 5.16 Å². The van der Waals surface area contributed by atoms with Gasteiger partial charge >= 0.3 is 0 Å². The first kappa shape index (κ1) is 15.7. The molecule has 0 aromatic heterocycles. The van der Waals surface area contributed by atoms with Gasteiger partial charge in [0.15, 0.2) is 5.84 Å². The van der Waals surface area contributed by atoms with E-state index < -0.39 is 5.92 Å². The van der Waals surface area contributed by atoms with Gasteiger partial charge in [-0.25, -0.2) is 0 Å². The van der Waals surface area contributed by atoms with Gasteiger partial charge in [-0.3, -0.25) is 4.79 Å². The molecule has 1 heterocycles. The number of ether oxygens (including phenoxy) is 2. The Labute approximate surface area is 113 Å². The summed E-state index contributed by atoms with van der Waals surface area (Å²) in [5.41, 5.74) is 5.60. The van der Waals surface area contributed by atoms with Crippen molar-refractivity contribution in [3.8, 4) is 0 Å². The molecule has 3 unspecified atom stereocenters. The highest BCUT2D eigenvalue weighted by Crippen LogP contribution is 2.20. The van der Waals surface area contributed by atoms with Crippen molar-refractivity contribution in [2.24, 2.45) is 16.8 Å². The lowest BCUT2D eigenvalue weighted by molar-refractivity contribution is -0.133. The highest BCUT2D eigenvalue weighted by Gasteiger charge is 2.38. The normalized spacial score (nSPS) is 25.6. The minimum absolute atomic E-state index is 0.0401. The number of amidine groups is 1. The van der Waals surface area contributed by atoms with Gasteiger partial charge in [0, 0.05) is 27.3 Å². The van der Waals surface area contributed by atoms with Crippen LogP contribution >= 0.6 is 0 Å². The fourth-order valence-electron chi connectivity index (χ4n) is 2.35.